The van der Waals surface area contributed by atoms with Crippen LogP contribution >= 0.6 is 11.3 Å². The first-order chi connectivity index (χ1) is 9.58. The first kappa shape index (κ1) is 15.0. The molecule has 0 radical (unpaired) electrons. The van der Waals surface area contributed by atoms with Crippen LogP contribution in [0.15, 0.2) is 11.6 Å². The van der Waals surface area contributed by atoms with Gasteiger partial charge in [0.25, 0.3) is 0 Å². The van der Waals surface area contributed by atoms with Crippen LogP contribution in [0.3, 0.4) is 0 Å². The number of methoxy groups -OCH3 is 1. The second-order valence-electron chi connectivity index (χ2n) is 4.97. The third kappa shape index (κ3) is 2.86. The fraction of sp³-hybridized carbons (Fsp3) is 0.571. The molecular formula is C14H21N3O2S. The molecule has 20 heavy (non-hydrogen) atoms. The van der Waals surface area contributed by atoms with Gasteiger partial charge in [-0.2, -0.15) is 0 Å². The lowest BCUT2D eigenvalue weighted by atomic mass is 9.99. The van der Waals surface area contributed by atoms with Gasteiger partial charge in [0.1, 0.15) is 6.04 Å². The summed E-state index contributed by atoms with van der Waals surface area (Å²) < 4.78 is 6.95. The number of imidazole rings is 1. The van der Waals surface area contributed by atoms with Gasteiger partial charge in [0, 0.05) is 18.1 Å². The number of carbonyl (C=O) groups excluding carboxylic acids is 1. The van der Waals surface area contributed by atoms with Crippen molar-refractivity contribution in [2.75, 3.05) is 7.11 Å². The van der Waals surface area contributed by atoms with Crippen LogP contribution in [0.5, 0.6) is 0 Å². The Morgan fingerprint density at radius 2 is 2.35 bits per heavy atom. The number of hydrogen-bond acceptors (Lipinski definition) is 5. The van der Waals surface area contributed by atoms with Crippen molar-refractivity contribution in [1.29, 1.82) is 0 Å². The normalized spacial score (nSPS) is 14.4. The zero-order valence-electron chi connectivity index (χ0n) is 12.3. The molecule has 2 aromatic rings. The van der Waals surface area contributed by atoms with Gasteiger partial charge in [-0.25, -0.2) is 4.98 Å². The molecule has 2 aromatic heterocycles. The number of ether oxygens (including phenoxy) is 1. The molecule has 0 fully saturated rings. The molecule has 0 aliphatic carbocycles. The number of rotatable bonds is 6. The molecule has 6 heteroatoms. The van der Waals surface area contributed by atoms with Crippen LogP contribution in [-0.2, 0) is 16.1 Å². The maximum absolute atomic E-state index is 11.9. The van der Waals surface area contributed by atoms with Crippen LogP contribution in [0, 0.1) is 12.8 Å². The molecule has 2 unspecified atom stereocenters. The summed E-state index contributed by atoms with van der Waals surface area (Å²) in [7, 11) is 1.43. The number of nitrogens with zero attached hydrogens (tertiary/aromatic N) is 2. The summed E-state index contributed by atoms with van der Waals surface area (Å²) in [5.74, 6) is 0.0247. The molecular weight excluding hydrogens is 274 g/mol. The van der Waals surface area contributed by atoms with E-state index in [2.05, 4.69) is 28.5 Å². The Labute approximate surface area is 123 Å². The number of hydrogen-bond donors (Lipinski definition) is 1. The summed E-state index contributed by atoms with van der Waals surface area (Å²) in [4.78, 5) is 17.4. The summed E-state index contributed by atoms with van der Waals surface area (Å²) in [6.07, 6.45) is 2.93. The van der Waals surface area contributed by atoms with Gasteiger partial charge in [-0.05, 0) is 12.8 Å². The van der Waals surface area contributed by atoms with E-state index >= 15 is 0 Å². The molecule has 0 spiro atoms. The van der Waals surface area contributed by atoms with Gasteiger partial charge in [0.15, 0.2) is 4.96 Å². The van der Waals surface area contributed by atoms with E-state index in [4.69, 9.17) is 4.74 Å². The van der Waals surface area contributed by atoms with Crippen molar-refractivity contribution in [2.45, 2.75) is 39.8 Å². The molecule has 0 aromatic carbocycles. The minimum atomic E-state index is -0.284. The lowest BCUT2D eigenvalue weighted by Crippen LogP contribution is -2.42. The minimum Gasteiger partial charge on any atom is -0.468 e. The molecule has 0 aliphatic heterocycles. The van der Waals surface area contributed by atoms with Crippen LogP contribution in [0.1, 0.15) is 31.7 Å². The summed E-state index contributed by atoms with van der Waals surface area (Å²) in [6.45, 7) is 6.72. The topological polar surface area (TPSA) is 55.6 Å². The third-order valence-corrected chi connectivity index (χ3v) is 4.48. The minimum absolute atomic E-state index is 0.205. The van der Waals surface area contributed by atoms with Gasteiger partial charge >= 0.3 is 5.97 Å². The summed E-state index contributed by atoms with van der Waals surface area (Å²) in [5, 5.41) is 5.33. The second kappa shape index (κ2) is 6.37. The highest BCUT2D eigenvalue weighted by atomic mass is 32.1. The zero-order chi connectivity index (χ0) is 14.7. The van der Waals surface area contributed by atoms with E-state index in [0.717, 1.165) is 22.8 Å². The predicted octanol–water partition coefficient (Wildman–Crippen LogP) is 2.38. The van der Waals surface area contributed by atoms with Gasteiger partial charge < -0.3 is 4.74 Å². The maximum atomic E-state index is 11.9. The average Bonchev–Trinajstić information content (AvgIpc) is 3.00. The molecule has 110 valence electrons. The van der Waals surface area contributed by atoms with Crippen molar-refractivity contribution in [2.24, 2.45) is 5.92 Å². The van der Waals surface area contributed by atoms with Crippen molar-refractivity contribution in [1.82, 2.24) is 14.7 Å². The Kier molecular flexibility index (Phi) is 4.77. The van der Waals surface area contributed by atoms with Gasteiger partial charge in [-0.3, -0.25) is 14.5 Å². The Balaban J connectivity index is 2.14. The Morgan fingerprint density at radius 1 is 1.60 bits per heavy atom. The standard InChI is InChI=1S/C14H21N3O2S/c1-5-9(2)12(13(18)19-4)15-8-11-10(3)16-14-17(11)6-7-20-14/h6-7,9,12,15H,5,8H2,1-4H3. The van der Waals surface area contributed by atoms with E-state index in [9.17, 15) is 4.79 Å². The number of aromatic nitrogens is 2. The summed E-state index contributed by atoms with van der Waals surface area (Å²) in [6, 6.07) is -0.284. The highest BCUT2D eigenvalue weighted by Gasteiger charge is 2.25. The number of thiazole rings is 1. The Bertz CT molecular complexity index is 590. The SMILES string of the molecule is CCC(C)C(NCc1c(C)nc2sccn12)C(=O)OC. The monoisotopic (exact) mass is 295 g/mol. The average molecular weight is 295 g/mol. The van der Waals surface area contributed by atoms with Crippen molar-refractivity contribution in [3.8, 4) is 0 Å². The molecule has 0 saturated heterocycles. The van der Waals surface area contributed by atoms with Crippen LogP contribution in [0.4, 0.5) is 0 Å². The highest BCUT2D eigenvalue weighted by molar-refractivity contribution is 7.15. The summed E-state index contributed by atoms with van der Waals surface area (Å²) >= 11 is 1.61. The van der Waals surface area contributed by atoms with E-state index in [1.54, 1.807) is 11.3 Å². The number of fused-ring (bicyclic) bond motifs is 1. The highest BCUT2D eigenvalue weighted by Crippen LogP contribution is 2.17. The van der Waals surface area contributed by atoms with Crippen LogP contribution < -0.4 is 5.32 Å². The Morgan fingerprint density at radius 3 is 3.00 bits per heavy atom. The number of carbonyl (C=O) groups is 1. The van der Waals surface area contributed by atoms with Crippen molar-refractivity contribution < 1.29 is 9.53 Å². The van der Waals surface area contributed by atoms with E-state index in [1.165, 1.54) is 7.11 Å². The number of nitrogens with one attached hydrogen (secondary N) is 1. The molecule has 0 bridgehead atoms. The number of aryl methyl sites for hydroxylation is 1. The molecule has 2 rings (SSSR count). The van der Waals surface area contributed by atoms with Gasteiger partial charge in [0.2, 0.25) is 0 Å². The molecule has 5 nitrogen and oxygen atoms in total. The molecule has 0 amide bonds. The van der Waals surface area contributed by atoms with Crippen molar-refractivity contribution >= 4 is 22.3 Å². The van der Waals surface area contributed by atoms with Gasteiger partial charge in [-0.1, -0.05) is 20.3 Å². The lowest BCUT2D eigenvalue weighted by Gasteiger charge is -2.21. The lowest BCUT2D eigenvalue weighted by molar-refractivity contribution is -0.144. The molecule has 0 aliphatic rings. The first-order valence-electron chi connectivity index (χ1n) is 6.80. The van der Waals surface area contributed by atoms with Crippen molar-refractivity contribution in [3.05, 3.63) is 23.0 Å². The number of esters is 1. The summed E-state index contributed by atoms with van der Waals surface area (Å²) in [5.41, 5.74) is 2.09. The smallest absolute Gasteiger partial charge is 0.323 e. The van der Waals surface area contributed by atoms with Gasteiger partial charge in [0.05, 0.1) is 18.5 Å². The molecule has 0 saturated carbocycles. The third-order valence-electron chi connectivity index (χ3n) is 3.72. The largest absolute Gasteiger partial charge is 0.468 e. The predicted molar refractivity (Wildman–Crippen MR) is 79.9 cm³/mol. The van der Waals surface area contributed by atoms with Crippen molar-refractivity contribution in [3.63, 3.8) is 0 Å². The van der Waals surface area contributed by atoms with Crippen LogP contribution in [-0.4, -0.2) is 28.5 Å². The maximum Gasteiger partial charge on any atom is 0.323 e. The fourth-order valence-electron chi connectivity index (χ4n) is 2.24. The molecule has 2 atom stereocenters. The van der Waals surface area contributed by atoms with Gasteiger partial charge in [-0.15, -0.1) is 11.3 Å². The van der Waals surface area contributed by atoms with Crippen LogP contribution in [0.2, 0.25) is 0 Å². The van der Waals surface area contributed by atoms with E-state index in [-0.39, 0.29) is 17.9 Å². The fourth-order valence-corrected chi connectivity index (χ4v) is 3.02. The second-order valence-corrected chi connectivity index (χ2v) is 5.84. The Hall–Kier alpha value is -1.40. The van der Waals surface area contributed by atoms with E-state index < -0.39 is 0 Å². The van der Waals surface area contributed by atoms with E-state index in [1.807, 2.05) is 18.5 Å². The quantitative estimate of drug-likeness (QED) is 0.831. The zero-order valence-corrected chi connectivity index (χ0v) is 13.2. The first-order valence-corrected chi connectivity index (χ1v) is 7.68. The van der Waals surface area contributed by atoms with E-state index in [0.29, 0.717) is 6.54 Å². The van der Waals surface area contributed by atoms with Crippen LogP contribution in [0.25, 0.3) is 4.96 Å². The molecule has 1 N–H and O–H groups in total. The molecule has 2 heterocycles.